The molecule has 0 aromatic heterocycles. The maximum atomic E-state index is 10.3. The molecule has 0 bridgehead atoms. The van der Waals surface area contributed by atoms with E-state index in [1.165, 1.54) is 0 Å². The molecule has 56 valence electrons. The van der Waals surface area contributed by atoms with Crippen LogP contribution in [0.15, 0.2) is 0 Å². The van der Waals surface area contributed by atoms with E-state index in [1.54, 1.807) is 0 Å². The van der Waals surface area contributed by atoms with Gasteiger partial charge < -0.3 is 17.2 Å². The monoisotopic (exact) mass is 149 g/mol. The second-order valence-electron chi connectivity index (χ2n) is 2.48. The van der Waals surface area contributed by atoms with Gasteiger partial charge in [-0.1, -0.05) is 20.8 Å². The van der Waals surface area contributed by atoms with Gasteiger partial charge in [-0.05, 0) is 12.8 Å². The maximum Gasteiger partial charge on any atom is 0.125 e. The largest absolute Gasteiger partial charge is 1.00 e. The first-order chi connectivity index (χ1) is 3.68. The molecule has 0 unspecified atom stereocenters. The van der Waals surface area contributed by atoms with Crippen molar-refractivity contribution in [3.05, 3.63) is 0 Å². The van der Waals surface area contributed by atoms with Gasteiger partial charge in [0.05, 0.1) is 0 Å². The molecule has 0 rings (SSSR count). The SMILES string of the molecule is CCC(C)(C=O)CC.[Cl-]. The number of hydrogen-bond donors (Lipinski definition) is 0. The average Bonchev–Trinajstić information content (AvgIpc) is 1.87. The van der Waals surface area contributed by atoms with Gasteiger partial charge in [0, 0.05) is 5.41 Å². The fraction of sp³-hybridized carbons (Fsp3) is 0.857. The molecule has 0 spiro atoms. The van der Waals surface area contributed by atoms with Gasteiger partial charge in [0.1, 0.15) is 6.29 Å². The molecule has 0 amide bonds. The van der Waals surface area contributed by atoms with E-state index in [2.05, 4.69) is 0 Å². The molecule has 0 aromatic carbocycles. The van der Waals surface area contributed by atoms with Crippen molar-refractivity contribution in [2.75, 3.05) is 0 Å². The molecule has 0 heterocycles. The molecule has 0 N–H and O–H groups in total. The molecule has 0 fully saturated rings. The van der Waals surface area contributed by atoms with Crippen molar-refractivity contribution in [2.24, 2.45) is 5.41 Å². The highest BCUT2D eigenvalue weighted by Crippen LogP contribution is 2.20. The fourth-order valence-electron chi connectivity index (χ4n) is 0.417. The molecule has 0 saturated heterocycles. The predicted octanol–water partition coefficient (Wildman–Crippen LogP) is -0.984. The van der Waals surface area contributed by atoms with Crippen LogP contribution in [0.25, 0.3) is 0 Å². The maximum absolute atomic E-state index is 10.3. The van der Waals surface area contributed by atoms with Gasteiger partial charge in [-0.15, -0.1) is 0 Å². The molecule has 0 radical (unpaired) electrons. The number of halogens is 1. The fourth-order valence-corrected chi connectivity index (χ4v) is 0.417. The van der Waals surface area contributed by atoms with E-state index >= 15 is 0 Å². The molecular weight excluding hydrogens is 136 g/mol. The Bertz CT molecular complexity index is 77.0. The number of hydrogen-bond acceptors (Lipinski definition) is 1. The zero-order valence-electron chi connectivity index (χ0n) is 6.28. The Morgan fingerprint density at radius 1 is 1.33 bits per heavy atom. The third-order valence-corrected chi connectivity index (χ3v) is 1.90. The smallest absolute Gasteiger partial charge is 0.125 e. The first kappa shape index (κ1) is 11.7. The summed E-state index contributed by atoms with van der Waals surface area (Å²) in [5, 5.41) is 0. The molecule has 0 aromatic rings. The second-order valence-corrected chi connectivity index (χ2v) is 2.48. The van der Waals surface area contributed by atoms with Crippen LogP contribution in [0.1, 0.15) is 33.6 Å². The van der Waals surface area contributed by atoms with Crippen molar-refractivity contribution < 1.29 is 17.2 Å². The molecular formula is C7H14ClO-. The quantitative estimate of drug-likeness (QED) is 0.472. The van der Waals surface area contributed by atoms with Crippen LogP contribution < -0.4 is 12.4 Å². The van der Waals surface area contributed by atoms with Gasteiger partial charge >= 0.3 is 0 Å². The third-order valence-electron chi connectivity index (χ3n) is 1.90. The first-order valence-electron chi connectivity index (χ1n) is 3.15. The van der Waals surface area contributed by atoms with Crippen LogP contribution in [0.4, 0.5) is 0 Å². The summed E-state index contributed by atoms with van der Waals surface area (Å²) in [5.74, 6) is 0. The van der Waals surface area contributed by atoms with Crippen molar-refractivity contribution in [1.29, 1.82) is 0 Å². The van der Waals surface area contributed by atoms with Crippen LogP contribution in [0.3, 0.4) is 0 Å². The zero-order valence-corrected chi connectivity index (χ0v) is 7.03. The number of rotatable bonds is 3. The van der Waals surface area contributed by atoms with E-state index in [0.717, 1.165) is 19.1 Å². The zero-order chi connectivity index (χ0) is 6.62. The van der Waals surface area contributed by atoms with Gasteiger partial charge in [-0.2, -0.15) is 0 Å². The molecule has 1 nitrogen and oxygen atoms in total. The van der Waals surface area contributed by atoms with Crippen LogP contribution in [0, 0.1) is 5.41 Å². The first-order valence-corrected chi connectivity index (χ1v) is 3.15. The number of carbonyl (C=O) groups excluding carboxylic acids is 1. The summed E-state index contributed by atoms with van der Waals surface area (Å²) >= 11 is 0. The lowest BCUT2D eigenvalue weighted by Gasteiger charge is -2.16. The minimum absolute atomic E-state index is 0. The molecule has 2 heteroatoms. The van der Waals surface area contributed by atoms with E-state index in [0.29, 0.717) is 0 Å². The Hall–Kier alpha value is -0.0400. The van der Waals surface area contributed by atoms with Gasteiger partial charge in [0.15, 0.2) is 0 Å². The van der Waals surface area contributed by atoms with Crippen molar-refractivity contribution in [2.45, 2.75) is 33.6 Å². The standard InChI is InChI=1S/C7H14O.ClH/c1-4-7(3,5-2)6-8;/h6H,4-5H2,1-3H3;1H/p-1. The van der Waals surface area contributed by atoms with Crippen LogP contribution in [-0.4, -0.2) is 6.29 Å². The van der Waals surface area contributed by atoms with Gasteiger partial charge in [-0.3, -0.25) is 0 Å². The average molecular weight is 150 g/mol. The summed E-state index contributed by atoms with van der Waals surface area (Å²) in [6.45, 7) is 6.07. The minimum atomic E-state index is -0.0556. The highest BCUT2D eigenvalue weighted by atomic mass is 35.5. The van der Waals surface area contributed by atoms with Crippen LogP contribution in [0.5, 0.6) is 0 Å². The van der Waals surface area contributed by atoms with E-state index < -0.39 is 0 Å². The van der Waals surface area contributed by atoms with Gasteiger partial charge in [0.2, 0.25) is 0 Å². The van der Waals surface area contributed by atoms with Crippen molar-refractivity contribution in [3.63, 3.8) is 0 Å². The van der Waals surface area contributed by atoms with E-state index in [-0.39, 0.29) is 17.8 Å². The van der Waals surface area contributed by atoms with Crippen LogP contribution >= 0.6 is 0 Å². The normalized spacial score (nSPS) is 10.1. The highest BCUT2D eigenvalue weighted by molar-refractivity contribution is 5.58. The third kappa shape index (κ3) is 3.52. The molecule has 0 atom stereocenters. The number of aldehydes is 1. The molecule has 9 heavy (non-hydrogen) atoms. The topological polar surface area (TPSA) is 17.1 Å². The van der Waals surface area contributed by atoms with Crippen molar-refractivity contribution >= 4 is 6.29 Å². The van der Waals surface area contributed by atoms with Gasteiger partial charge in [0.25, 0.3) is 0 Å². The Balaban J connectivity index is 0. The molecule has 0 aliphatic heterocycles. The lowest BCUT2D eigenvalue weighted by Crippen LogP contribution is -3.00. The summed E-state index contributed by atoms with van der Waals surface area (Å²) < 4.78 is 0. The Morgan fingerprint density at radius 3 is 1.67 bits per heavy atom. The summed E-state index contributed by atoms with van der Waals surface area (Å²) in [4.78, 5) is 10.3. The minimum Gasteiger partial charge on any atom is -1.00 e. The lowest BCUT2D eigenvalue weighted by molar-refractivity contribution is -0.115. The molecule has 0 saturated carbocycles. The predicted molar refractivity (Wildman–Crippen MR) is 34.8 cm³/mol. The van der Waals surface area contributed by atoms with E-state index in [4.69, 9.17) is 0 Å². The van der Waals surface area contributed by atoms with Crippen LogP contribution in [-0.2, 0) is 4.79 Å². The van der Waals surface area contributed by atoms with Crippen LogP contribution in [0.2, 0.25) is 0 Å². The Kier molecular flexibility index (Phi) is 6.25. The Labute approximate surface area is 63.2 Å². The highest BCUT2D eigenvalue weighted by Gasteiger charge is 2.16. The summed E-state index contributed by atoms with van der Waals surface area (Å²) in [7, 11) is 0. The second kappa shape index (κ2) is 4.80. The van der Waals surface area contributed by atoms with E-state index in [1.807, 2.05) is 20.8 Å². The summed E-state index contributed by atoms with van der Waals surface area (Å²) in [5.41, 5.74) is -0.0556. The number of carbonyl (C=O) groups is 1. The molecule has 0 aliphatic rings. The van der Waals surface area contributed by atoms with Crippen molar-refractivity contribution in [3.8, 4) is 0 Å². The summed E-state index contributed by atoms with van der Waals surface area (Å²) in [6.07, 6.45) is 2.95. The van der Waals surface area contributed by atoms with Crippen molar-refractivity contribution in [1.82, 2.24) is 0 Å². The Morgan fingerprint density at radius 2 is 1.67 bits per heavy atom. The molecule has 0 aliphatic carbocycles. The lowest BCUT2D eigenvalue weighted by atomic mass is 9.87. The summed E-state index contributed by atoms with van der Waals surface area (Å²) in [6, 6.07) is 0. The van der Waals surface area contributed by atoms with Gasteiger partial charge in [-0.25, -0.2) is 0 Å². The van der Waals surface area contributed by atoms with E-state index in [9.17, 15) is 4.79 Å².